The molecule has 0 amide bonds. The molecule has 6 heteroatoms. The number of hydrogen-bond donors (Lipinski definition) is 0. The number of nitro benzene ring substituents is 1. The summed E-state index contributed by atoms with van der Waals surface area (Å²) in [5.41, 5.74) is -0.423. The van der Waals surface area contributed by atoms with E-state index in [1.165, 1.54) is 6.07 Å². The van der Waals surface area contributed by atoms with Crippen molar-refractivity contribution in [2.45, 2.75) is 18.9 Å². The molecule has 0 radical (unpaired) electrons. The Balaban J connectivity index is 1.53. The summed E-state index contributed by atoms with van der Waals surface area (Å²) in [5, 5.41) is 11.1. The summed E-state index contributed by atoms with van der Waals surface area (Å²) in [6.45, 7) is 5.00. The number of benzene rings is 2. The van der Waals surface area contributed by atoms with E-state index in [0.717, 1.165) is 31.8 Å². The predicted octanol–water partition coefficient (Wildman–Crippen LogP) is 3.52. The number of para-hydroxylation sites is 3. The molecule has 0 aliphatic carbocycles. The van der Waals surface area contributed by atoms with Crippen LogP contribution in [0.2, 0.25) is 0 Å². The van der Waals surface area contributed by atoms with Crippen LogP contribution in [-0.4, -0.2) is 41.7 Å². The van der Waals surface area contributed by atoms with Gasteiger partial charge >= 0.3 is 5.69 Å². The van der Waals surface area contributed by atoms with Gasteiger partial charge in [-0.3, -0.25) is 15.0 Å². The van der Waals surface area contributed by atoms with Crippen LogP contribution in [0.25, 0.3) is 0 Å². The Morgan fingerprint density at radius 2 is 1.88 bits per heavy atom. The molecule has 132 valence electrons. The first-order valence-corrected chi connectivity index (χ1v) is 8.38. The number of likely N-dealkylation sites (tertiary alicyclic amines) is 1. The van der Waals surface area contributed by atoms with Crippen LogP contribution in [0.4, 0.5) is 5.69 Å². The lowest BCUT2D eigenvalue weighted by Gasteiger charge is -2.26. The highest BCUT2D eigenvalue weighted by molar-refractivity contribution is 5.46. The van der Waals surface area contributed by atoms with Gasteiger partial charge in [0.05, 0.1) is 4.92 Å². The number of rotatable bonds is 7. The zero-order chi connectivity index (χ0) is 17.7. The van der Waals surface area contributed by atoms with Gasteiger partial charge in [-0.15, -0.1) is 0 Å². The summed E-state index contributed by atoms with van der Waals surface area (Å²) < 4.78 is 11.8. The molecule has 1 aliphatic heterocycles. The van der Waals surface area contributed by atoms with E-state index in [0.29, 0.717) is 12.4 Å². The molecule has 3 rings (SSSR count). The lowest BCUT2D eigenvalue weighted by molar-refractivity contribution is -0.386. The highest BCUT2D eigenvalue weighted by Crippen LogP contribution is 2.33. The van der Waals surface area contributed by atoms with Crippen LogP contribution in [-0.2, 0) is 0 Å². The van der Waals surface area contributed by atoms with Crippen LogP contribution < -0.4 is 9.47 Å². The molecule has 1 atom stereocenters. The van der Waals surface area contributed by atoms with E-state index in [4.69, 9.17) is 9.47 Å². The number of nitrogens with zero attached hydrogens (tertiary/aromatic N) is 2. The molecular formula is C19H22N2O4. The summed E-state index contributed by atoms with van der Waals surface area (Å²) >= 11 is 0. The van der Waals surface area contributed by atoms with Crippen LogP contribution in [0, 0.1) is 10.1 Å². The second-order valence-electron chi connectivity index (χ2n) is 6.46. The summed E-state index contributed by atoms with van der Waals surface area (Å²) in [7, 11) is 0. The lowest BCUT2D eigenvalue weighted by atomic mass is 10.1. The molecule has 2 aromatic carbocycles. The Morgan fingerprint density at radius 3 is 2.64 bits per heavy atom. The second-order valence-corrected chi connectivity index (χ2v) is 6.46. The molecule has 1 aliphatic rings. The van der Waals surface area contributed by atoms with Crippen molar-refractivity contribution in [2.24, 2.45) is 0 Å². The lowest BCUT2D eigenvalue weighted by Crippen LogP contribution is -2.37. The molecule has 6 nitrogen and oxygen atoms in total. The fraction of sp³-hybridized carbons (Fsp3) is 0.368. The van der Waals surface area contributed by atoms with Gasteiger partial charge in [-0.2, -0.15) is 0 Å². The van der Waals surface area contributed by atoms with E-state index < -0.39 is 10.5 Å². The van der Waals surface area contributed by atoms with E-state index in [2.05, 4.69) is 4.90 Å². The van der Waals surface area contributed by atoms with Gasteiger partial charge in [-0.05, 0) is 25.1 Å². The molecule has 2 aromatic rings. The van der Waals surface area contributed by atoms with Gasteiger partial charge < -0.3 is 9.47 Å². The smallest absolute Gasteiger partial charge is 0.310 e. The van der Waals surface area contributed by atoms with Gasteiger partial charge in [0.2, 0.25) is 0 Å². The maximum Gasteiger partial charge on any atom is 0.310 e. The van der Waals surface area contributed by atoms with Crippen LogP contribution >= 0.6 is 0 Å². The highest BCUT2D eigenvalue weighted by atomic mass is 16.6. The summed E-state index contributed by atoms with van der Waals surface area (Å²) in [5.74, 6) is 1.19. The average Bonchev–Trinajstić information content (AvgIpc) is 2.97. The van der Waals surface area contributed by atoms with Crippen LogP contribution in [0.3, 0.4) is 0 Å². The van der Waals surface area contributed by atoms with Crippen LogP contribution in [0.1, 0.15) is 13.3 Å². The van der Waals surface area contributed by atoms with Gasteiger partial charge in [0, 0.05) is 32.1 Å². The van der Waals surface area contributed by atoms with E-state index in [-0.39, 0.29) is 5.69 Å². The van der Waals surface area contributed by atoms with Crippen molar-refractivity contribution in [1.29, 1.82) is 0 Å². The zero-order valence-corrected chi connectivity index (χ0v) is 14.3. The van der Waals surface area contributed by atoms with E-state index in [1.807, 2.05) is 37.3 Å². The van der Waals surface area contributed by atoms with E-state index >= 15 is 0 Å². The molecule has 1 heterocycles. The molecule has 0 N–H and O–H groups in total. The maximum atomic E-state index is 11.1. The molecular weight excluding hydrogens is 320 g/mol. The predicted molar refractivity (Wildman–Crippen MR) is 95.1 cm³/mol. The van der Waals surface area contributed by atoms with Gasteiger partial charge in [-0.25, -0.2) is 0 Å². The molecule has 0 saturated carbocycles. The van der Waals surface area contributed by atoms with Crippen molar-refractivity contribution in [2.75, 3.05) is 26.2 Å². The third-order valence-corrected chi connectivity index (χ3v) is 4.35. The van der Waals surface area contributed by atoms with E-state index in [1.54, 1.807) is 18.2 Å². The highest BCUT2D eigenvalue weighted by Gasteiger charge is 2.37. The van der Waals surface area contributed by atoms with Gasteiger partial charge in [0.15, 0.2) is 5.75 Å². The van der Waals surface area contributed by atoms with Crippen molar-refractivity contribution < 1.29 is 14.4 Å². The fourth-order valence-corrected chi connectivity index (χ4v) is 3.07. The topological polar surface area (TPSA) is 64.8 Å². The largest absolute Gasteiger partial charge is 0.492 e. The zero-order valence-electron chi connectivity index (χ0n) is 14.3. The van der Waals surface area contributed by atoms with Gasteiger partial charge in [-0.1, -0.05) is 30.3 Å². The second kappa shape index (κ2) is 7.53. The van der Waals surface area contributed by atoms with E-state index in [9.17, 15) is 10.1 Å². The number of nitro groups is 1. The Labute approximate surface area is 147 Å². The van der Waals surface area contributed by atoms with Crippen molar-refractivity contribution in [3.05, 3.63) is 64.7 Å². The Bertz CT molecular complexity index is 722. The maximum absolute atomic E-state index is 11.1. The van der Waals surface area contributed by atoms with Crippen molar-refractivity contribution >= 4 is 5.69 Å². The third kappa shape index (κ3) is 4.48. The Hall–Kier alpha value is -2.60. The van der Waals surface area contributed by atoms with Crippen molar-refractivity contribution in [1.82, 2.24) is 4.90 Å². The Kier molecular flexibility index (Phi) is 5.19. The summed E-state index contributed by atoms with van der Waals surface area (Å²) in [6, 6.07) is 16.3. The minimum atomic E-state index is -0.432. The standard InChI is InChI=1S/C19H22N2O4/c1-19(25-18-10-6-5-9-17(18)21(22)23)11-12-20(15-19)13-14-24-16-7-3-2-4-8-16/h2-10H,11-15H2,1H3. The first-order chi connectivity index (χ1) is 12.1. The molecule has 0 spiro atoms. The summed E-state index contributed by atoms with van der Waals surface area (Å²) in [6.07, 6.45) is 0.824. The number of ether oxygens (including phenoxy) is 2. The fourth-order valence-electron chi connectivity index (χ4n) is 3.07. The van der Waals surface area contributed by atoms with Crippen LogP contribution in [0.15, 0.2) is 54.6 Å². The molecule has 25 heavy (non-hydrogen) atoms. The normalized spacial score (nSPS) is 20.4. The first kappa shape index (κ1) is 17.2. The van der Waals surface area contributed by atoms with Gasteiger partial charge in [0.25, 0.3) is 0 Å². The third-order valence-electron chi connectivity index (χ3n) is 4.35. The number of hydrogen-bond acceptors (Lipinski definition) is 5. The quantitative estimate of drug-likeness (QED) is 0.569. The van der Waals surface area contributed by atoms with Crippen LogP contribution in [0.5, 0.6) is 11.5 Å². The minimum absolute atomic E-state index is 0.00888. The minimum Gasteiger partial charge on any atom is -0.492 e. The monoisotopic (exact) mass is 342 g/mol. The molecule has 1 fully saturated rings. The first-order valence-electron chi connectivity index (χ1n) is 8.38. The molecule has 0 aromatic heterocycles. The van der Waals surface area contributed by atoms with Crippen molar-refractivity contribution in [3.63, 3.8) is 0 Å². The molecule has 0 bridgehead atoms. The SMILES string of the molecule is CC1(Oc2ccccc2[N+](=O)[O-])CCN(CCOc2ccccc2)C1. The van der Waals surface area contributed by atoms with Gasteiger partial charge in [0.1, 0.15) is 18.0 Å². The van der Waals surface area contributed by atoms with Crippen molar-refractivity contribution in [3.8, 4) is 11.5 Å². The molecule has 1 unspecified atom stereocenters. The average molecular weight is 342 g/mol. The summed E-state index contributed by atoms with van der Waals surface area (Å²) in [4.78, 5) is 13.0. The molecule has 1 saturated heterocycles. The Morgan fingerprint density at radius 1 is 1.16 bits per heavy atom.